The molecule has 0 radical (unpaired) electrons. The topological polar surface area (TPSA) is 56.7 Å². The molecular weight excluding hydrogens is 315 g/mol. The Hall–Kier alpha value is -1.76. The van der Waals surface area contributed by atoms with E-state index in [2.05, 4.69) is 15.6 Å². The summed E-state index contributed by atoms with van der Waals surface area (Å²) in [6.45, 7) is 1.55. The second kappa shape index (κ2) is 10.9. The van der Waals surface area contributed by atoms with Crippen molar-refractivity contribution >= 4 is 23.6 Å². The molecule has 7 heteroatoms. The largest absolute Gasteiger partial charge is 0.356 e. The van der Waals surface area contributed by atoms with Gasteiger partial charge in [-0.3, -0.25) is 4.79 Å². The van der Waals surface area contributed by atoms with Crippen molar-refractivity contribution in [3.63, 3.8) is 0 Å². The van der Waals surface area contributed by atoms with Gasteiger partial charge < -0.3 is 15.5 Å². The number of guanidine groups is 1. The summed E-state index contributed by atoms with van der Waals surface area (Å²) in [5.74, 6) is 1.30. The third kappa shape index (κ3) is 8.44. The van der Waals surface area contributed by atoms with Crippen molar-refractivity contribution in [2.45, 2.75) is 6.42 Å². The number of hydrogen-bond acceptors (Lipinski definition) is 3. The molecule has 23 heavy (non-hydrogen) atoms. The lowest BCUT2D eigenvalue weighted by atomic mass is 10.1. The molecule has 128 valence electrons. The second-order valence-electron chi connectivity index (χ2n) is 5.18. The van der Waals surface area contributed by atoms with Crippen LogP contribution in [0.2, 0.25) is 0 Å². The van der Waals surface area contributed by atoms with E-state index in [9.17, 15) is 9.18 Å². The molecule has 0 aliphatic heterocycles. The Morgan fingerprint density at radius 2 is 1.87 bits per heavy atom. The first-order valence-electron chi connectivity index (χ1n) is 7.48. The van der Waals surface area contributed by atoms with E-state index in [-0.39, 0.29) is 18.3 Å². The Labute approximate surface area is 141 Å². The summed E-state index contributed by atoms with van der Waals surface area (Å²) in [5, 5.41) is 6.40. The number of hydrogen-bond donors (Lipinski definition) is 2. The normalized spacial score (nSPS) is 11.2. The van der Waals surface area contributed by atoms with Crippen molar-refractivity contribution in [1.82, 2.24) is 15.5 Å². The van der Waals surface area contributed by atoms with E-state index in [1.165, 1.54) is 17.0 Å². The quantitative estimate of drug-likeness (QED) is 0.426. The van der Waals surface area contributed by atoms with Gasteiger partial charge in [0, 0.05) is 32.9 Å². The molecule has 0 aliphatic rings. The molecule has 1 rings (SSSR count). The summed E-state index contributed by atoms with van der Waals surface area (Å²) in [5.41, 5.74) is 1.05. The molecule has 0 spiro atoms. The van der Waals surface area contributed by atoms with Gasteiger partial charge in [0.15, 0.2) is 5.96 Å². The first-order chi connectivity index (χ1) is 11.0. The monoisotopic (exact) mass is 340 g/mol. The Kier molecular flexibility index (Phi) is 9.12. The summed E-state index contributed by atoms with van der Waals surface area (Å²) in [4.78, 5) is 17.4. The van der Waals surface area contributed by atoms with E-state index in [1.807, 2.05) is 6.26 Å². The summed E-state index contributed by atoms with van der Waals surface area (Å²) in [7, 11) is 3.42. The van der Waals surface area contributed by atoms with Gasteiger partial charge in [-0.1, -0.05) is 12.1 Å². The predicted octanol–water partition coefficient (Wildman–Crippen LogP) is 1.35. The maximum atomic E-state index is 12.9. The Balaban J connectivity index is 2.49. The maximum Gasteiger partial charge on any atom is 0.243 e. The Morgan fingerprint density at radius 3 is 2.48 bits per heavy atom. The van der Waals surface area contributed by atoms with Gasteiger partial charge in [-0.05, 0) is 30.4 Å². The number of benzene rings is 1. The minimum atomic E-state index is -0.232. The number of thioether (sulfide) groups is 1. The van der Waals surface area contributed by atoms with Crippen molar-refractivity contribution in [3.05, 3.63) is 35.6 Å². The highest BCUT2D eigenvalue weighted by atomic mass is 32.2. The third-order valence-corrected chi connectivity index (χ3v) is 3.70. The van der Waals surface area contributed by atoms with Gasteiger partial charge in [0.1, 0.15) is 12.4 Å². The van der Waals surface area contributed by atoms with Gasteiger partial charge in [0.2, 0.25) is 5.91 Å². The van der Waals surface area contributed by atoms with E-state index >= 15 is 0 Å². The molecule has 0 saturated heterocycles. The zero-order chi connectivity index (χ0) is 17.1. The number of rotatable bonds is 8. The standard InChI is InChI=1S/C16H25FN4OS/c1-21(2)15(22)12-20-16(19-10-11-23-3)18-9-8-13-4-6-14(17)7-5-13/h4-7H,8-12H2,1-3H3,(H2,18,19,20). The molecule has 0 unspecified atom stereocenters. The number of carbonyl (C=O) groups is 1. The average Bonchev–Trinajstić information content (AvgIpc) is 2.53. The zero-order valence-electron chi connectivity index (χ0n) is 13.9. The number of aliphatic imine (C=N–C) groups is 1. The molecule has 0 bridgehead atoms. The van der Waals surface area contributed by atoms with E-state index < -0.39 is 0 Å². The molecule has 1 aromatic carbocycles. The highest BCUT2D eigenvalue weighted by Crippen LogP contribution is 2.02. The van der Waals surface area contributed by atoms with Crippen molar-refractivity contribution in [3.8, 4) is 0 Å². The molecule has 1 aromatic rings. The van der Waals surface area contributed by atoms with E-state index in [4.69, 9.17) is 0 Å². The van der Waals surface area contributed by atoms with Crippen LogP contribution in [0.3, 0.4) is 0 Å². The SMILES string of the molecule is CSCCNC(=NCC(=O)N(C)C)NCCc1ccc(F)cc1. The Morgan fingerprint density at radius 1 is 1.22 bits per heavy atom. The van der Waals surface area contributed by atoms with Gasteiger partial charge in [-0.25, -0.2) is 9.38 Å². The first-order valence-corrected chi connectivity index (χ1v) is 8.88. The Bertz CT molecular complexity index is 505. The van der Waals surface area contributed by atoms with E-state index in [1.54, 1.807) is 38.0 Å². The molecule has 0 aromatic heterocycles. The van der Waals surface area contributed by atoms with Crippen LogP contribution in [0.4, 0.5) is 4.39 Å². The van der Waals surface area contributed by atoms with Crippen LogP contribution in [-0.4, -0.2) is 62.5 Å². The van der Waals surface area contributed by atoms with E-state index in [0.717, 1.165) is 24.3 Å². The number of likely N-dealkylation sites (N-methyl/N-ethyl adjacent to an activating group) is 1. The summed E-state index contributed by atoms with van der Waals surface area (Å²) in [6, 6.07) is 6.45. The number of nitrogens with zero attached hydrogens (tertiary/aromatic N) is 2. The average molecular weight is 340 g/mol. The fourth-order valence-corrected chi connectivity index (χ4v) is 2.02. The third-order valence-electron chi connectivity index (χ3n) is 3.09. The van der Waals surface area contributed by atoms with Gasteiger partial charge in [-0.15, -0.1) is 0 Å². The van der Waals surface area contributed by atoms with Crippen LogP contribution in [0, 0.1) is 5.82 Å². The summed E-state index contributed by atoms with van der Waals surface area (Å²) in [6.07, 6.45) is 2.79. The van der Waals surface area contributed by atoms with Crippen LogP contribution in [0.15, 0.2) is 29.3 Å². The van der Waals surface area contributed by atoms with Crippen molar-refractivity contribution in [2.75, 3.05) is 45.7 Å². The van der Waals surface area contributed by atoms with Crippen molar-refractivity contribution in [1.29, 1.82) is 0 Å². The minimum Gasteiger partial charge on any atom is -0.356 e. The molecule has 0 saturated carbocycles. The van der Waals surface area contributed by atoms with Crippen molar-refractivity contribution in [2.24, 2.45) is 4.99 Å². The zero-order valence-corrected chi connectivity index (χ0v) is 14.8. The van der Waals surface area contributed by atoms with Gasteiger partial charge >= 0.3 is 0 Å². The smallest absolute Gasteiger partial charge is 0.243 e. The molecular formula is C16H25FN4OS. The van der Waals surface area contributed by atoms with Crippen LogP contribution >= 0.6 is 11.8 Å². The first kappa shape index (κ1) is 19.3. The molecule has 5 nitrogen and oxygen atoms in total. The second-order valence-corrected chi connectivity index (χ2v) is 6.16. The maximum absolute atomic E-state index is 12.9. The highest BCUT2D eigenvalue weighted by Gasteiger charge is 2.04. The lowest BCUT2D eigenvalue weighted by Gasteiger charge is -2.13. The summed E-state index contributed by atoms with van der Waals surface area (Å²) >= 11 is 1.74. The fraction of sp³-hybridized carbons (Fsp3) is 0.500. The van der Waals surface area contributed by atoms with Crippen LogP contribution in [0.5, 0.6) is 0 Å². The number of nitrogens with one attached hydrogen (secondary N) is 2. The minimum absolute atomic E-state index is 0.0468. The van der Waals surface area contributed by atoms with Gasteiger partial charge in [-0.2, -0.15) is 11.8 Å². The number of halogens is 1. The molecule has 0 aliphatic carbocycles. The van der Waals surface area contributed by atoms with Crippen LogP contribution in [-0.2, 0) is 11.2 Å². The van der Waals surface area contributed by atoms with Gasteiger partial charge in [0.25, 0.3) is 0 Å². The van der Waals surface area contributed by atoms with Crippen LogP contribution in [0.1, 0.15) is 5.56 Å². The summed E-state index contributed by atoms with van der Waals surface area (Å²) < 4.78 is 12.9. The predicted molar refractivity (Wildman–Crippen MR) is 95.5 cm³/mol. The van der Waals surface area contributed by atoms with Crippen molar-refractivity contribution < 1.29 is 9.18 Å². The van der Waals surface area contributed by atoms with E-state index in [0.29, 0.717) is 12.5 Å². The molecule has 2 N–H and O–H groups in total. The molecule has 0 atom stereocenters. The molecule has 1 amide bonds. The highest BCUT2D eigenvalue weighted by molar-refractivity contribution is 7.98. The molecule has 0 heterocycles. The van der Waals surface area contributed by atoms with Crippen LogP contribution < -0.4 is 10.6 Å². The number of carbonyl (C=O) groups excluding carboxylic acids is 1. The fourth-order valence-electron chi connectivity index (χ4n) is 1.71. The van der Waals surface area contributed by atoms with Crippen LogP contribution in [0.25, 0.3) is 0 Å². The number of amides is 1. The molecule has 0 fully saturated rings. The lowest BCUT2D eigenvalue weighted by molar-refractivity contribution is -0.127. The van der Waals surface area contributed by atoms with Gasteiger partial charge in [0.05, 0.1) is 0 Å². The lowest BCUT2D eigenvalue weighted by Crippen LogP contribution is -2.40.